The zero-order valence-corrected chi connectivity index (χ0v) is 14.5. The van der Waals surface area contributed by atoms with Crippen LogP contribution >= 0.6 is 23.1 Å². The maximum absolute atomic E-state index is 12.0. The number of ether oxygens (including phenoxy) is 1. The fourth-order valence-electron chi connectivity index (χ4n) is 1.65. The van der Waals surface area contributed by atoms with E-state index < -0.39 is 0 Å². The summed E-state index contributed by atoms with van der Waals surface area (Å²) in [5.41, 5.74) is 0.928. The molecule has 0 unspecified atom stereocenters. The minimum absolute atomic E-state index is 0.0956. The number of methoxy groups -OCH3 is 1. The van der Waals surface area contributed by atoms with E-state index in [1.54, 1.807) is 18.9 Å². The Morgan fingerprint density at radius 2 is 2.05 bits per heavy atom. The fourth-order valence-corrected chi connectivity index (χ4v) is 3.39. The average molecular weight is 337 g/mol. The number of nitrogens with one attached hydrogen (secondary N) is 1. The second-order valence-corrected chi connectivity index (χ2v) is 7.40. The lowest BCUT2D eigenvalue weighted by Gasteiger charge is -2.03. The maximum atomic E-state index is 12.0. The van der Waals surface area contributed by atoms with Crippen LogP contribution in [-0.4, -0.2) is 29.0 Å². The zero-order chi connectivity index (χ0) is 15.9. The van der Waals surface area contributed by atoms with Gasteiger partial charge < -0.3 is 10.1 Å². The molecule has 0 aliphatic heterocycles. The topological polar surface area (TPSA) is 64.1 Å². The lowest BCUT2D eigenvalue weighted by molar-refractivity contribution is -0.115. The van der Waals surface area contributed by atoms with E-state index in [1.165, 1.54) is 11.3 Å². The minimum atomic E-state index is -0.0956. The van der Waals surface area contributed by atoms with E-state index in [0.717, 1.165) is 21.4 Å². The highest BCUT2D eigenvalue weighted by Crippen LogP contribution is 2.27. The Morgan fingerprint density at radius 3 is 2.68 bits per heavy atom. The summed E-state index contributed by atoms with van der Waals surface area (Å²) in [5, 5.41) is 11.4. The van der Waals surface area contributed by atoms with Gasteiger partial charge in [0, 0.05) is 5.75 Å². The molecule has 1 aromatic carbocycles. The molecule has 0 fully saturated rings. The van der Waals surface area contributed by atoms with Crippen molar-refractivity contribution in [3.63, 3.8) is 0 Å². The zero-order valence-electron chi connectivity index (χ0n) is 12.8. The van der Waals surface area contributed by atoms with Gasteiger partial charge in [-0.1, -0.05) is 49.1 Å². The smallest absolute Gasteiger partial charge is 0.230 e. The van der Waals surface area contributed by atoms with Crippen molar-refractivity contribution in [1.29, 1.82) is 0 Å². The van der Waals surface area contributed by atoms with E-state index in [2.05, 4.69) is 29.4 Å². The summed E-state index contributed by atoms with van der Waals surface area (Å²) in [7, 11) is 1.62. The third-order valence-corrected chi connectivity index (χ3v) is 5.12. The Labute approximate surface area is 138 Å². The largest absolute Gasteiger partial charge is 0.497 e. The van der Waals surface area contributed by atoms with Gasteiger partial charge in [0.1, 0.15) is 5.75 Å². The van der Waals surface area contributed by atoms with Crippen LogP contribution in [0.25, 0.3) is 0 Å². The maximum Gasteiger partial charge on any atom is 0.230 e. The van der Waals surface area contributed by atoms with E-state index in [0.29, 0.717) is 17.5 Å². The minimum Gasteiger partial charge on any atom is -0.497 e. The molecule has 0 spiro atoms. The SMILES string of the molecule is COc1ccc(CC(=O)Nc2nnc(SCC(C)C)s2)cc1. The molecule has 5 nitrogen and oxygen atoms in total. The van der Waals surface area contributed by atoms with Crippen molar-refractivity contribution in [3.8, 4) is 5.75 Å². The standard InChI is InChI=1S/C15H19N3O2S2/c1-10(2)9-21-15-18-17-14(22-15)16-13(19)8-11-4-6-12(20-3)7-5-11/h4-7,10H,8-9H2,1-3H3,(H,16,17,19). The summed E-state index contributed by atoms with van der Waals surface area (Å²) in [6.45, 7) is 4.32. The number of rotatable bonds is 7. The van der Waals surface area contributed by atoms with Crippen LogP contribution in [0.15, 0.2) is 28.6 Å². The van der Waals surface area contributed by atoms with Gasteiger partial charge >= 0.3 is 0 Å². The highest BCUT2D eigenvalue weighted by Gasteiger charge is 2.10. The van der Waals surface area contributed by atoms with Gasteiger partial charge in [-0.2, -0.15) is 0 Å². The first-order valence-electron chi connectivity index (χ1n) is 6.96. The number of thioether (sulfide) groups is 1. The van der Waals surface area contributed by atoms with Gasteiger partial charge in [-0.15, -0.1) is 10.2 Å². The van der Waals surface area contributed by atoms with Crippen molar-refractivity contribution < 1.29 is 9.53 Å². The fraction of sp³-hybridized carbons (Fsp3) is 0.400. The summed E-state index contributed by atoms with van der Waals surface area (Å²) in [6, 6.07) is 7.44. The number of anilines is 1. The molecule has 0 aliphatic rings. The second-order valence-electron chi connectivity index (χ2n) is 5.15. The Bertz CT molecular complexity index is 612. The lowest BCUT2D eigenvalue weighted by Crippen LogP contribution is -2.14. The van der Waals surface area contributed by atoms with Gasteiger partial charge in [-0.25, -0.2) is 0 Å². The van der Waals surface area contributed by atoms with Gasteiger partial charge in [0.05, 0.1) is 13.5 Å². The summed E-state index contributed by atoms with van der Waals surface area (Å²) in [6.07, 6.45) is 0.304. The van der Waals surface area contributed by atoms with Gasteiger partial charge in [0.15, 0.2) is 4.34 Å². The Hall–Kier alpha value is -1.60. The molecular formula is C15H19N3O2S2. The molecule has 0 aliphatic carbocycles. The van der Waals surface area contributed by atoms with E-state index in [-0.39, 0.29) is 5.91 Å². The van der Waals surface area contributed by atoms with Gasteiger partial charge in [0.25, 0.3) is 0 Å². The van der Waals surface area contributed by atoms with Gasteiger partial charge in [0.2, 0.25) is 11.0 Å². The van der Waals surface area contributed by atoms with E-state index >= 15 is 0 Å². The summed E-state index contributed by atoms with van der Waals surface area (Å²) < 4.78 is 5.98. The number of hydrogen-bond donors (Lipinski definition) is 1. The predicted octanol–water partition coefficient (Wildman–Crippen LogP) is 3.48. The Kier molecular flexibility index (Phi) is 6.21. The quantitative estimate of drug-likeness (QED) is 0.619. The first kappa shape index (κ1) is 16.8. The molecule has 1 aromatic heterocycles. The molecule has 1 heterocycles. The van der Waals surface area contributed by atoms with Crippen LogP contribution in [0.3, 0.4) is 0 Å². The average Bonchev–Trinajstić information content (AvgIpc) is 2.93. The molecule has 2 rings (SSSR count). The normalized spacial score (nSPS) is 10.7. The van der Waals surface area contributed by atoms with Crippen LogP contribution in [0, 0.1) is 5.92 Å². The third kappa shape index (κ3) is 5.31. The summed E-state index contributed by atoms with van der Waals surface area (Å²) in [5.74, 6) is 2.28. The van der Waals surface area contributed by atoms with Gasteiger partial charge in [-0.05, 0) is 23.6 Å². The molecule has 7 heteroatoms. The molecule has 0 saturated heterocycles. The summed E-state index contributed by atoms with van der Waals surface area (Å²) >= 11 is 3.07. The number of carbonyl (C=O) groups is 1. The van der Waals surface area contributed by atoms with Crippen molar-refractivity contribution in [3.05, 3.63) is 29.8 Å². The number of carbonyl (C=O) groups excluding carboxylic acids is 1. The lowest BCUT2D eigenvalue weighted by atomic mass is 10.1. The monoisotopic (exact) mass is 337 g/mol. The first-order chi connectivity index (χ1) is 10.6. The molecule has 22 heavy (non-hydrogen) atoms. The number of hydrogen-bond acceptors (Lipinski definition) is 6. The molecule has 2 aromatic rings. The van der Waals surface area contributed by atoms with Crippen LogP contribution in [-0.2, 0) is 11.2 Å². The van der Waals surface area contributed by atoms with Crippen LogP contribution in [0.2, 0.25) is 0 Å². The van der Waals surface area contributed by atoms with Crippen LogP contribution < -0.4 is 10.1 Å². The molecule has 1 N–H and O–H groups in total. The van der Waals surface area contributed by atoms with Crippen LogP contribution in [0.4, 0.5) is 5.13 Å². The highest BCUT2D eigenvalue weighted by molar-refractivity contribution is 8.01. The molecule has 0 saturated carbocycles. The highest BCUT2D eigenvalue weighted by atomic mass is 32.2. The molecule has 0 atom stereocenters. The predicted molar refractivity (Wildman–Crippen MR) is 90.8 cm³/mol. The number of aromatic nitrogens is 2. The Balaban J connectivity index is 1.86. The van der Waals surface area contributed by atoms with Gasteiger partial charge in [-0.3, -0.25) is 4.79 Å². The van der Waals surface area contributed by atoms with Crippen molar-refractivity contribution in [1.82, 2.24) is 10.2 Å². The van der Waals surface area contributed by atoms with Crippen molar-refractivity contribution >= 4 is 34.1 Å². The number of nitrogens with zero attached hydrogens (tertiary/aromatic N) is 2. The van der Waals surface area contributed by atoms with E-state index in [1.807, 2.05) is 24.3 Å². The van der Waals surface area contributed by atoms with E-state index in [9.17, 15) is 4.79 Å². The first-order valence-corrected chi connectivity index (χ1v) is 8.76. The molecule has 0 bridgehead atoms. The van der Waals surface area contributed by atoms with Crippen LogP contribution in [0.1, 0.15) is 19.4 Å². The third-order valence-electron chi connectivity index (χ3n) is 2.72. The van der Waals surface area contributed by atoms with Crippen molar-refractivity contribution in [2.45, 2.75) is 24.6 Å². The Morgan fingerprint density at radius 1 is 1.32 bits per heavy atom. The van der Waals surface area contributed by atoms with Crippen molar-refractivity contribution in [2.24, 2.45) is 5.92 Å². The van der Waals surface area contributed by atoms with Crippen LogP contribution in [0.5, 0.6) is 5.75 Å². The number of amides is 1. The summed E-state index contributed by atoms with van der Waals surface area (Å²) in [4.78, 5) is 12.0. The molecule has 1 amide bonds. The number of benzene rings is 1. The van der Waals surface area contributed by atoms with Crippen molar-refractivity contribution in [2.75, 3.05) is 18.2 Å². The second kappa shape index (κ2) is 8.14. The molecule has 118 valence electrons. The van der Waals surface area contributed by atoms with E-state index in [4.69, 9.17) is 4.74 Å². The molecular weight excluding hydrogens is 318 g/mol. The molecule has 0 radical (unpaired) electrons.